The molecule has 100 valence electrons. The maximum Gasteiger partial charge on any atom is 0.333 e. The maximum atomic E-state index is 12.7. The number of nitrogens with one attached hydrogen (secondary N) is 1. The second-order valence-corrected chi connectivity index (χ2v) is 3.77. The molecule has 1 heterocycles. The van der Waals surface area contributed by atoms with E-state index in [1.807, 2.05) is 0 Å². The Hall–Kier alpha value is -2.31. The van der Waals surface area contributed by atoms with Gasteiger partial charge in [-0.2, -0.15) is 13.9 Å². The molecule has 0 unspecified atom stereocenters. The quantitative estimate of drug-likeness (QED) is 0.926. The highest BCUT2D eigenvalue weighted by molar-refractivity contribution is 5.92. The minimum atomic E-state index is -2.78. The number of amides is 1. The number of rotatable bonds is 4. The molecule has 0 saturated heterocycles. The molecule has 19 heavy (non-hydrogen) atoms. The van der Waals surface area contributed by atoms with Gasteiger partial charge >= 0.3 is 6.55 Å². The molecule has 2 aromatic rings. The number of alkyl halides is 2. The number of carbonyl (C=O) groups is 1. The van der Waals surface area contributed by atoms with Gasteiger partial charge in [0.2, 0.25) is 0 Å². The van der Waals surface area contributed by atoms with Gasteiger partial charge in [0.25, 0.3) is 5.91 Å². The SMILES string of the molecule is O=C(NCc1ccc(F)cc1)c1ccn(C(F)F)n1. The molecule has 0 saturated carbocycles. The third-order valence-electron chi connectivity index (χ3n) is 2.41. The van der Waals surface area contributed by atoms with Crippen molar-refractivity contribution in [1.82, 2.24) is 15.1 Å². The zero-order valence-electron chi connectivity index (χ0n) is 9.69. The molecule has 1 amide bonds. The summed E-state index contributed by atoms with van der Waals surface area (Å²) in [5.74, 6) is -0.936. The van der Waals surface area contributed by atoms with E-state index in [4.69, 9.17) is 0 Å². The van der Waals surface area contributed by atoms with Gasteiger partial charge in [-0.25, -0.2) is 9.07 Å². The van der Waals surface area contributed by atoms with E-state index in [1.165, 1.54) is 30.3 Å². The third-order valence-corrected chi connectivity index (χ3v) is 2.41. The zero-order valence-corrected chi connectivity index (χ0v) is 9.69. The van der Waals surface area contributed by atoms with E-state index in [0.29, 0.717) is 10.2 Å². The Kier molecular flexibility index (Phi) is 3.84. The number of hydrogen-bond donors (Lipinski definition) is 1. The Bertz CT molecular complexity index is 566. The van der Waals surface area contributed by atoms with Crippen molar-refractivity contribution in [3.63, 3.8) is 0 Å². The fourth-order valence-corrected chi connectivity index (χ4v) is 1.44. The molecule has 0 fully saturated rings. The number of benzene rings is 1. The maximum absolute atomic E-state index is 12.7. The Labute approximate surface area is 106 Å². The van der Waals surface area contributed by atoms with Crippen LogP contribution < -0.4 is 5.32 Å². The fourth-order valence-electron chi connectivity index (χ4n) is 1.44. The summed E-state index contributed by atoms with van der Waals surface area (Å²) < 4.78 is 37.6. The molecule has 0 aliphatic carbocycles. The first-order valence-electron chi connectivity index (χ1n) is 5.42. The first-order valence-corrected chi connectivity index (χ1v) is 5.42. The van der Waals surface area contributed by atoms with E-state index < -0.39 is 12.5 Å². The number of nitrogens with zero attached hydrogens (tertiary/aromatic N) is 2. The monoisotopic (exact) mass is 269 g/mol. The van der Waals surface area contributed by atoms with Crippen LogP contribution in [0.5, 0.6) is 0 Å². The molecule has 0 aliphatic rings. The van der Waals surface area contributed by atoms with Gasteiger partial charge < -0.3 is 5.32 Å². The molecule has 4 nitrogen and oxygen atoms in total. The molecule has 0 atom stereocenters. The minimum Gasteiger partial charge on any atom is -0.347 e. The van der Waals surface area contributed by atoms with Gasteiger partial charge in [0, 0.05) is 12.7 Å². The van der Waals surface area contributed by atoms with E-state index in [1.54, 1.807) is 0 Å². The summed E-state index contributed by atoms with van der Waals surface area (Å²) in [6, 6.07) is 6.78. The summed E-state index contributed by atoms with van der Waals surface area (Å²) in [6.45, 7) is -2.61. The lowest BCUT2D eigenvalue weighted by Gasteiger charge is -2.03. The Morgan fingerprint density at radius 3 is 2.53 bits per heavy atom. The molecule has 1 N–H and O–H groups in total. The van der Waals surface area contributed by atoms with Crippen molar-refractivity contribution >= 4 is 5.91 Å². The highest BCUT2D eigenvalue weighted by atomic mass is 19.3. The van der Waals surface area contributed by atoms with Crippen molar-refractivity contribution in [1.29, 1.82) is 0 Å². The summed E-state index contributed by atoms with van der Waals surface area (Å²) >= 11 is 0. The summed E-state index contributed by atoms with van der Waals surface area (Å²) in [5, 5.41) is 5.94. The predicted molar refractivity (Wildman–Crippen MR) is 61.1 cm³/mol. The Balaban J connectivity index is 1.95. The van der Waals surface area contributed by atoms with Crippen LogP contribution in [0.2, 0.25) is 0 Å². The molecule has 2 rings (SSSR count). The molecule has 1 aromatic heterocycles. The highest BCUT2D eigenvalue weighted by Crippen LogP contribution is 2.09. The van der Waals surface area contributed by atoms with Crippen LogP contribution in [-0.4, -0.2) is 15.7 Å². The first kappa shape index (κ1) is 13.1. The van der Waals surface area contributed by atoms with Crippen molar-refractivity contribution in [2.24, 2.45) is 0 Å². The normalized spacial score (nSPS) is 10.7. The van der Waals surface area contributed by atoms with Crippen molar-refractivity contribution < 1.29 is 18.0 Å². The molecule has 7 heteroatoms. The average Bonchev–Trinajstić information content (AvgIpc) is 2.87. The zero-order chi connectivity index (χ0) is 13.8. The van der Waals surface area contributed by atoms with Gasteiger partial charge in [-0.05, 0) is 23.8 Å². The number of carbonyl (C=O) groups excluding carboxylic acids is 1. The van der Waals surface area contributed by atoms with Crippen LogP contribution in [0.4, 0.5) is 13.2 Å². The first-order chi connectivity index (χ1) is 9.06. The molecule has 0 spiro atoms. The van der Waals surface area contributed by atoms with E-state index in [2.05, 4.69) is 10.4 Å². The second kappa shape index (κ2) is 5.55. The smallest absolute Gasteiger partial charge is 0.333 e. The van der Waals surface area contributed by atoms with Crippen molar-refractivity contribution in [3.05, 3.63) is 53.6 Å². The lowest BCUT2D eigenvalue weighted by molar-refractivity contribution is 0.0560. The molecular formula is C12H10F3N3O. The molecule has 0 bridgehead atoms. The predicted octanol–water partition coefficient (Wildman–Crippen LogP) is 2.35. The van der Waals surface area contributed by atoms with Crippen molar-refractivity contribution in [2.75, 3.05) is 0 Å². The van der Waals surface area contributed by atoms with Crippen LogP contribution in [0.25, 0.3) is 0 Å². The van der Waals surface area contributed by atoms with E-state index in [-0.39, 0.29) is 18.1 Å². The number of halogens is 3. The van der Waals surface area contributed by atoms with Gasteiger partial charge in [-0.1, -0.05) is 12.1 Å². The van der Waals surface area contributed by atoms with Gasteiger partial charge in [0.15, 0.2) is 0 Å². The lowest BCUT2D eigenvalue weighted by Crippen LogP contribution is -2.23. The Morgan fingerprint density at radius 2 is 1.95 bits per heavy atom. The van der Waals surface area contributed by atoms with Gasteiger partial charge in [0.1, 0.15) is 11.5 Å². The number of hydrogen-bond acceptors (Lipinski definition) is 2. The van der Waals surface area contributed by atoms with Crippen LogP contribution in [0, 0.1) is 5.82 Å². The van der Waals surface area contributed by atoms with E-state index in [9.17, 15) is 18.0 Å². The topological polar surface area (TPSA) is 46.9 Å². The van der Waals surface area contributed by atoms with E-state index >= 15 is 0 Å². The van der Waals surface area contributed by atoms with Gasteiger partial charge in [-0.3, -0.25) is 4.79 Å². The molecule has 0 radical (unpaired) electrons. The Morgan fingerprint density at radius 1 is 1.26 bits per heavy atom. The average molecular weight is 269 g/mol. The third kappa shape index (κ3) is 3.34. The van der Waals surface area contributed by atoms with E-state index in [0.717, 1.165) is 6.20 Å². The molecule has 0 aliphatic heterocycles. The summed E-state index contributed by atoms with van der Waals surface area (Å²) in [5.41, 5.74) is 0.602. The molecular weight excluding hydrogens is 259 g/mol. The summed E-state index contributed by atoms with van der Waals surface area (Å²) in [7, 11) is 0. The fraction of sp³-hybridized carbons (Fsp3) is 0.167. The van der Waals surface area contributed by atoms with Crippen molar-refractivity contribution in [2.45, 2.75) is 13.1 Å². The van der Waals surface area contributed by atoms with Gasteiger partial charge in [-0.15, -0.1) is 0 Å². The summed E-state index contributed by atoms with van der Waals surface area (Å²) in [4.78, 5) is 11.6. The minimum absolute atomic E-state index is 0.0950. The lowest BCUT2D eigenvalue weighted by atomic mass is 10.2. The van der Waals surface area contributed by atoms with Crippen LogP contribution in [0.15, 0.2) is 36.5 Å². The van der Waals surface area contributed by atoms with Gasteiger partial charge in [0.05, 0.1) is 0 Å². The largest absolute Gasteiger partial charge is 0.347 e. The van der Waals surface area contributed by atoms with Crippen LogP contribution in [0.1, 0.15) is 22.6 Å². The summed E-state index contributed by atoms with van der Waals surface area (Å²) in [6.07, 6.45) is 1.03. The van der Waals surface area contributed by atoms with Crippen LogP contribution in [-0.2, 0) is 6.54 Å². The number of aromatic nitrogens is 2. The van der Waals surface area contributed by atoms with Crippen LogP contribution >= 0.6 is 0 Å². The van der Waals surface area contributed by atoms with Crippen molar-refractivity contribution in [3.8, 4) is 0 Å². The second-order valence-electron chi connectivity index (χ2n) is 3.77. The highest BCUT2D eigenvalue weighted by Gasteiger charge is 2.12. The standard InChI is InChI=1S/C12H10F3N3O/c13-9-3-1-8(2-4-9)7-16-11(19)10-5-6-18(17-10)12(14)15/h1-6,12H,7H2,(H,16,19). The molecule has 1 aromatic carbocycles. The van der Waals surface area contributed by atoms with Crippen LogP contribution in [0.3, 0.4) is 0 Å².